The lowest BCUT2D eigenvalue weighted by Crippen LogP contribution is -2.21. The summed E-state index contributed by atoms with van der Waals surface area (Å²) in [6, 6.07) is 0. The maximum Gasteiger partial charge on any atom is 0.228 e. The fourth-order valence-electron chi connectivity index (χ4n) is 0.655. The van der Waals surface area contributed by atoms with Crippen LogP contribution in [0.15, 0.2) is 12.4 Å². The molecule has 0 saturated heterocycles. The van der Waals surface area contributed by atoms with Crippen LogP contribution in [0.3, 0.4) is 0 Å². The number of aromatic nitrogens is 2. The van der Waals surface area contributed by atoms with Crippen molar-refractivity contribution in [1.29, 1.82) is 0 Å². The molecule has 5 heteroatoms. The molecule has 12 heavy (non-hydrogen) atoms. The number of rotatable bonds is 3. The van der Waals surface area contributed by atoms with Crippen LogP contribution in [0.2, 0.25) is 0 Å². The number of halogens is 1. The Hall–Kier alpha value is -1.03. The number of hydrogen-bond donors (Lipinski definition) is 2. The van der Waals surface area contributed by atoms with Crippen molar-refractivity contribution in [2.45, 2.75) is 6.92 Å². The third kappa shape index (κ3) is 2.23. The van der Waals surface area contributed by atoms with E-state index in [-0.39, 0.29) is 11.8 Å². The second kappa shape index (κ2) is 4.11. The minimum Gasteiger partial charge on any atom is -0.323 e. The summed E-state index contributed by atoms with van der Waals surface area (Å²) in [5, 5.41) is 8.94. The molecule has 4 nitrogen and oxygen atoms in total. The van der Waals surface area contributed by atoms with Crippen LogP contribution >= 0.6 is 11.6 Å². The van der Waals surface area contributed by atoms with Crippen LogP contribution in [0.4, 0.5) is 5.69 Å². The summed E-state index contributed by atoms with van der Waals surface area (Å²) in [4.78, 5) is 11.2. The van der Waals surface area contributed by atoms with Crippen LogP contribution in [0.5, 0.6) is 0 Å². The molecule has 0 aliphatic rings. The number of carbonyl (C=O) groups is 1. The summed E-state index contributed by atoms with van der Waals surface area (Å²) < 4.78 is 0. The number of nitrogens with zero attached hydrogens (tertiary/aromatic N) is 1. The van der Waals surface area contributed by atoms with Crippen molar-refractivity contribution in [2.75, 3.05) is 11.2 Å². The molecule has 0 bridgehead atoms. The molecule has 1 amide bonds. The molecule has 0 saturated carbocycles. The zero-order chi connectivity index (χ0) is 8.97. The molecule has 1 aromatic rings. The van der Waals surface area contributed by atoms with Crippen LogP contribution in [0, 0.1) is 5.92 Å². The van der Waals surface area contributed by atoms with Crippen molar-refractivity contribution in [3.63, 3.8) is 0 Å². The highest BCUT2D eigenvalue weighted by molar-refractivity contribution is 6.19. The summed E-state index contributed by atoms with van der Waals surface area (Å²) in [6.45, 7) is 1.77. The average Bonchev–Trinajstić information content (AvgIpc) is 2.55. The van der Waals surface area contributed by atoms with Crippen LogP contribution in [-0.4, -0.2) is 22.0 Å². The maximum absolute atomic E-state index is 11.2. The number of nitrogens with one attached hydrogen (secondary N) is 2. The van der Waals surface area contributed by atoms with Gasteiger partial charge in [0.05, 0.1) is 11.9 Å². The van der Waals surface area contributed by atoms with E-state index in [1.807, 2.05) is 0 Å². The van der Waals surface area contributed by atoms with Gasteiger partial charge in [0.1, 0.15) is 0 Å². The zero-order valence-corrected chi connectivity index (χ0v) is 7.43. The Labute approximate surface area is 75.3 Å². The fraction of sp³-hybridized carbons (Fsp3) is 0.429. The Balaban J connectivity index is 2.47. The quantitative estimate of drug-likeness (QED) is 0.700. The van der Waals surface area contributed by atoms with Gasteiger partial charge in [0.2, 0.25) is 5.91 Å². The van der Waals surface area contributed by atoms with Crippen molar-refractivity contribution in [2.24, 2.45) is 5.92 Å². The minimum absolute atomic E-state index is 0.0913. The first-order valence-corrected chi connectivity index (χ1v) is 4.13. The van der Waals surface area contributed by atoms with Gasteiger partial charge in [0.25, 0.3) is 0 Å². The minimum atomic E-state index is -0.179. The molecule has 0 radical (unpaired) electrons. The topological polar surface area (TPSA) is 57.8 Å². The number of anilines is 1. The van der Waals surface area contributed by atoms with Gasteiger partial charge in [-0.15, -0.1) is 11.6 Å². The summed E-state index contributed by atoms with van der Waals surface area (Å²) in [6.07, 6.45) is 3.15. The van der Waals surface area contributed by atoms with E-state index in [2.05, 4.69) is 15.5 Å². The number of amides is 1. The molecule has 66 valence electrons. The zero-order valence-electron chi connectivity index (χ0n) is 6.67. The molecule has 1 aromatic heterocycles. The van der Waals surface area contributed by atoms with Crippen LogP contribution in [0.1, 0.15) is 6.92 Å². The molecule has 1 unspecified atom stereocenters. The average molecular weight is 188 g/mol. The maximum atomic E-state index is 11.2. The van der Waals surface area contributed by atoms with Crippen molar-refractivity contribution in [1.82, 2.24) is 10.2 Å². The van der Waals surface area contributed by atoms with E-state index >= 15 is 0 Å². The molecule has 0 aliphatic heterocycles. The van der Waals surface area contributed by atoms with E-state index in [0.29, 0.717) is 11.6 Å². The number of aromatic amines is 1. The van der Waals surface area contributed by atoms with Crippen molar-refractivity contribution >= 4 is 23.2 Å². The summed E-state index contributed by atoms with van der Waals surface area (Å²) in [5.74, 6) is 0.0527. The molecule has 0 spiro atoms. The van der Waals surface area contributed by atoms with E-state index in [9.17, 15) is 4.79 Å². The number of alkyl halides is 1. The molecular weight excluding hydrogens is 178 g/mol. The highest BCUT2D eigenvalue weighted by Gasteiger charge is 2.11. The van der Waals surface area contributed by atoms with E-state index in [4.69, 9.17) is 11.6 Å². The van der Waals surface area contributed by atoms with Gasteiger partial charge in [-0.2, -0.15) is 5.10 Å². The largest absolute Gasteiger partial charge is 0.323 e. The molecule has 0 aromatic carbocycles. The second-order valence-corrected chi connectivity index (χ2v) is 2.84. The molecule has 1 rings (SSSR count). The predicted molar refractivity (Wildman–Crippen MR) is 47.1 cm³/mol. The lowest BCUT2D eigenvalue weighted by molar-refractivity contribution is -0.118. The van der Waals surface area contributed by atoms with E-state index < -0.39 is 0 Å². The lowest BCUT2D eigenvalue weighted by atomic mass is 10.2. The van der Waals surface area contributed by atoms with Crippen molar-refractivity contribution in [3.8, 4) is 0 Å². The highest BCUT2D eigenvalue weighted by Crippen LogP contribution is 2.05. The second-order valence-electron chi connectivity index (χ2n) is 2.53. The van der Waals surface area contributed by atoms with Gasteiger partial charge in [-0.05, 0) is 0 Å². The molecule has 2 N–H and O–H groups in total. The van der Waals surface area contributed by atoms with E-state index in [1.54, 1.807) is 19.3 Å². The fourth-order valence-corrected chi connectivity index (χ4v) is 0.795. The number of hydrogen-bond acceptors (Lipinski definition) is 2. The molecule has 1 atom stereocenters. The smallest absolute Gasteiger partial charge is 0.228 e. The first-order chi connectivity index (χ1) is 5.74. The SMILES string of the molecule is CC(CCl)C(=O)Nc1cn[nH]c1. The van der Waals surface area contributed by atoms with Gasteiger partial charge in [-0.1, -0.05) is 6.92 Å². The van der Waals surface area contributed by atoms with E-state index in [0.717, 1.165) is 0 Å². The Bertz CT molecular complexity index is 247. The predicted octanol–water partition coefficient (Wildman–Crippen LogP) is 1.22. The van der Waals surface area contributed by atoms with Gasteiger partial charge in [-0.3, -0.25) is 9.89 Å². The Morgan fingerprint density at radius 2 is 2.67 bits per heavy atom. The third-order valence-electron chi connectivity index (χ3n) is 1.44. The van der Waals surface area contributed by atoms with E-state index in [1.165, 1.54) is 0 Å². The Morgan fingerprint density at radius 3 is 3.17 bits per heavy atom. The normalized spacial score (nSPS) is 12.5. The number of carbonyl (C=O) groups excluding carboxylic acids is 1. The van der Waals surface area contributed by atoms with Crippen molar-refractivity contribution in [3.05, 3.63) is 12.4 Å². The monoisotopic (exact) mass is 187 g/mol. The van der Waals surface area contributed by atoms with Crippen LogP contribution in [0.25, 0.3) is 0 Å². The molecule has 0 aliphatic carbocycles. The first-order valence-electron chi connectivity index (χ1n) is 3.59. The Kier molecular flexibility index (Phi) is 3.10. The van der Waals surface area contributed by atoms with Gasteiger partial charge in [0, 0.05) is 18.0 Å². The van der Waals surface area contributed by atoms with Gasteiger partial charge in [-0.25, -0.2) is 0 Å². The summed E-state index contributed by atoms with van der Waals surface area (Å²) in [7, 11) is 0. The molecule has 0 fully saturated rings. The Morgan fingerprint density at radius 1 is 1.92 bits per heavy atom. The van der Waals surface area contributed by atoms with Crippen molar-refractivity contribution < 1.29 is 4.79 Å². The lowest BCUT2D eigenvalue weighted by Gasteiger charge is -2.06. The summed E-state index contributed by atoms with van der Waals surface area (Å²) in [5.41, 5.74) is 0.664. The van der Waals surface area contributed by atoms with Gasteiger partial charge in [0.15, 0.2) is 0 Å². The first kappa shape index (κ1) is 9.06. The third-order valence-corrected chi connectivity index (χ3v) is 1.91. The molecular formula is C7H10ClN3O. The highest BCUT2D eigenvalue weighted by atomic mass is 35.5. The summed E-state index contributed by atoms with van der Waals surface area (Å²) >= 11 is 5.50. The van der Waals surface area contributed by atoms with Crippen LogP contribution < -0.4 is 5.32 Å². The number of H-pyrrole nitrogens is 1. The van der Waals surface area contributed by atoms with Crippen LogP contribution in [-0.2, 0) is 4.79 Å². The standard InChI is InChI=1S/C7H10ClN3O/c1-5(2-8)7(12)11-6-3-9-10-4-6/h3-5H,2H2,1H3,(H,9,10)(H,11,12). The molecule has 1 heterocycles. The van der Waals surface area contributed by atoms with Gasteiger partial charge < -0.3 is 5.32 Å². The van der Waals surface area contributed by atoms with Gasteiger partial charge >= 0.3 is 0 Å².